The number of anilines is 1. The Balaban J connectivity index is 1.70. The molecule has 1 amide bonds. The van der Waals surface area contributed by atoms with Crippen molar-refractivity contribution >= 4 is 51.6 Å². The highest BCUT2D eigenvalue weighted by Crippen LogP contribution is 2.28. The van der Waals surface area contributed by atoms with Crippen molar-refractivity contribution < 1.29 is 18.5 Å². The van der Waals surface area contributed by atoms with Gasteiger partial charge in [-0.2, -0.15) is 0 Å². The van der Waals surface area contributed by atoms with Crippen LogP contribution in [0.3, 0.4) is 0 Å². The maximum absolute atomic E-state index is 13.3. The van der Waals surface area contributed by atoms with E-state index in [0.29, 0.717) is 35.0 Å². The van der Waals surface area contributed by atoms with E-state index < -0.39 is 16.8 Å². The summed E-state index contributed by atoms with van der Waals surface area (Å²) in [5, 5.41) is 0.870. The van der Waals surface area contributed by atoms with Crippen molar-refractivity contribution in [2.24, 2.45) is 0 Å². The van der Waals surface area contributed by atoms with Gasteiger partial charge in [0.1, 0.15) is 5.75 Å². The Hall–Kier alpha value is -2.09. The first-order chi connectivity index (χ1) is 16.1. The minimum atomic E-state index is -1.66. The molecular weight excluding hydrogens is 495 g/mol. The lowest BCUT2D eigenvalue weighted by molar-refractivity contribution is -0.145. The standard InChI is InChI=1S/C25H30Cl2N2O4S/c1-5-16(2)33-24(30)15-34(32)23-10-9-19(13-22(23)27)25(31)29-12-11-28(17(3)18(29)4)21-8-6-7-20(26)14-21/h6-10,13-14,16-18H,5,11-12,15H2,1-4H3/t16?,17-,18-,34?/m0/s1. The fourth-order valence-electron chi connectivity index (χ4n) is 3.96. The second-order valence-electron chi connectivity index (χ2n) is 8.50. The van der Waals surface area contributed by atoms with Crippen molar-refractivity contribution in [1.29, 1.82) is 0 Å². The summed E-state index contributed by atoms with van der Waals surface area (Å²) in [6, 6.07) is 12.4. The third-order valence-electron chi connectivity index (χ3n) is 6.24. The molecule has 0 radical (unpaired) electrons. The molecule has 6 nitrogen and oxygen atoms in total. The molecule has 1 aliphatic rings. The Bertz CT molecular complexity index is 1080. The van der Waals surface area contributed by atoms with Gasteiger partial charge >= 0.3 is 5.97 Å². The maximum atomic E-state index is 13.3. The number of hydrogen-bond acceptors (Lipinski definition) is 5. The molecule has 2 unspecified atom stereocenters. The molecule has 1 fully saturated rings. The van der Waals surface area contributed by atoms with Crippen LogP contribution in [0.25, 0.3) is 0 Å². The molecular formula is C25H30Cl2N2O4S. The average Bonchev–Trinajstić information content (AvgIpc) is 2.79. The van der Waals surface area contributed by atoms with Gasteiger partial charge in [0.15, 0.2) is 0 Å². The first-order valence-corrected chi connectivity index (χ1v) is 13.4. The molecule has 0 spiro atoms. The lowest BCUT2D eigenvalue weighted by Crippen LogP contribution is -2.59. The molecule has 3 rings (SSSR count). The van der Waals surface area contributed by atoms with Crippen LogP contribution in [-0.4, -0.2) is 58.0 Å². The van der Waals surface area contributed by atoms with Gasteiger partial charge in [-0.25, -0.2) is 0 Å². The first-order valence-electron chi connectivity index (χ1n) is 11.3. The summed E-state index contributed by atoms with van der Waals surface area (Å²) < 4.78 is 17.8. The Kier molecular flexibility index (Phi) is 9.01. The van der Waals surface area contributed by atoms with Gasteiger partial charge in [-0.05, 0) is 63.6 Å². The van der Waals surface area contributed by atoms with Gasteiger partial charge in [0.2, 0.25) is 0 Å². The number of piperazine rings is 1. The number of carbonyl (C=O) groups is 2. The van der Waals surface area contributed by atoms with Gasteiger partial charge in [-0.15, -0.1) is 0 Å². The van der Waals surface area contributed by atoms with E-state index in [1.807, 2.05) is 43.0 Å². The van der Waals surface area contributed by atoms with Crippen LogP contribution < -0.4 is 4.90 Å². The van der Waals surface area contributed by atoms with Crippen molar-refractivity contribution in [3.8, 4) is 0 Å². The molecule has 0 aliphatic carbocycles. The minimum absolute atomic E-state index is 0.0526. The summed E-state index contributed by atoms with van der Waals surface area (Å²) in [4.78, 5) is 29.7. The van der Waals surface area contributed by atoms with Crippen molar-refractivity contribution in [3.05, 3.63) is 58.1 Å². The quantitative estimate of drug-likeness (QED) is 0.466. The molecule has 2 aromatic rings. The van der Waals surface area contributed by atoms with Crippen LogP contribution in [0.4, 0.5) is 5.69 Å². The van der Waals surface area contributed by atoms with E-state index in [1.165, 1.54) is 6.07 Å². The predicted molar refractivity (Wildman–Crippen MR) is 137 cm³/mol. The normalized spacial score (nSPS) is 20.1. The molecule has 0 aromatic heterocycles. The Labute approximate surface area is 213 Å². The SMILES string of the molecule is CCC(C)OC(=O)CS(=O)c1ccc(C(=O)N2CCN(c3cccc(Cl)c3)[C@@H](C)[C@@H]2C)cc1Cl. The van der Waals surface area contributed by atoms with E-state index in [4.69, 9.17) is 27.9 Å². The van der Waals surface area contributed by atoms with E-state index in [-0.39, 0.29) is 34.9 Å². The molecule has 1 aliphatic heterocycles. The minimum Gasteiger partial charge on any atom is -0.462 e. The summed E-state index contributed by atoms with van der Waals surface area (Å²) >= 11 is 12.5. The summed E-state index contributed by atoms with van der Waals surface area (Å²) in [6.45, 7) is 9.01. The van der Waals surface area contributed by atoms with E-state index in [1.54, 1.807) is 19.1 Å². The highest BCUT2D eigenvalue weighted by Gasteiger charge is 2.34. The van der Waals surface area contributed by atoms with E-state index in [9.17, 15) is 13.8 Å². The molecule has 9 heteroatoms. The van der Waals surface area contributed by atoms with Crippen LogP contribution in [-0.2, 0) is 20.3 Å². The van der Waals surface area contributed by atoms with Gasteiger partial charge in [0.25, 0.3) is 5.91 Å². The highest BCUT2D eigenvalue weighted by molar-refractivity contribution is 7.85. The van der Waals surface area contributed by atoms with Gasteiger partial charge < -0.3 is 14.5 Å². The van der Waals surface area contributed by atoms with Gasteiger partial charge in [0, 0.05) is 41.4 Å². The molecule has 0 bridgehead atoms. The zero-order valence-corrected chi connectivity index (χ0v) is 22.1. The Morgan fingerprint density at radius 2 is 1.85 bits per heavy atom. The fraction of sp³-hybridized carbons (Fsp3) is 0.440. The number of rotatable bonds is 7. The van der Waals surface area contributed by atoms with Crippen LogP contribution >= 0.6 is 23.2 Å². The van der Waals surface area contributed by atoms with Gasteiger partial charge in [-0.1, -0.05) is 36.2 Å². The Morgan fingerprint density at radius 1 is 1.12 bits per heavy atom. The number of hydrogen-bond donors (Lipinski definition) is 0. The summed E-state index contributed by atoms with van der Waals surface area (Å²) in [6.07, 6.45) is 0.448. The number of carbonyl (C=O) groups excluding carboxylic acids is 2. The molecule has 1 heterocycles. The zero-order chi connectivity index (χ0) is 25.0. The third-order valence-corrected chi connectivity index (χ3v) is 8.25. The van der Waals surface area contributed by atoms with Gasteiger partial charge in [0.05, 0.1) is 26.8 Å². The monoisotopic (exact) mass is 524 g/mol. The second kappa shape index (κ2) is 11.6. The molecule has 1 saturated heterocycles. The smallest absolute Gasteiger partial charge is 0.319 e. The number of esters is 1. The molecule has 34 heavy (non-hydrogen) atoms. The molecule has 4 atom stereocenters. The number of halogens is 2. The summed E-state index contributed by atoms with van der Waals surface area (Å²) in [7, 11) is -1.66. The van der Waals surface area contributed by atoms with Crippen molar-refractivity contribution in [3.63, 3.8) is 0 Å². The number of nitrogens with zero attached hydrogens (tertiary/aromatic N) is 2. The lowest BCUT2D eigenvalue weighted by atomic mass is 10.0. The van der Waals surface area contributed by atoms with E-state index in [0.717, 1.165) is 5.69 Å². The first kappa shape index (κ1) is 26.5. The van der Waals surface area contributed by atoms with Crippen LogP contribution in [0.1, 0.15) is 44.5 Å². The number of benzene rings is 2. The topological polar surface area (TPSA) is 66.9 Å². The number of amides is 1. The summed E-state index contributed by atoms with van der Waals surface area (Å²) in [5.74, 6) is -0.957. The molecule has 184 valence electrons. The van der Waals surface area contributed by atoms with Crippen LogP contribution in [0.2, 0.25) is 10.0 Å². The summed E-state index contributed by atoms with van der Waals surface area (Å²) in [5.41, 5.74) is 1.45. The van der Waals surface area contributed by atoms with E-state index in [2.05, 4.69) is 11.8 Å². The van der Waals surface area contributed by atoms with E-state index >= 15 is 0 Å². The van der Waals surface area contributed by atoms with Crippen LogP contribution in [0.5, 0.6) is 0 Å². The zero-order valence-electron chi connectivity index (χ0n) is 19.8. The van der Waals surface area contributed by atoms with Gasteiger partial charge in [-0.3, -0.25) is 13.8 Å². The maximum Gasteiger partial charge on any atom is 0.319 e. The van der Waals surface area contributed by atoms with Crippen molar-refractivity contribution in [2.75, 3.05) is 23.7 Å². The van der Waals surface area contributed by atoms with Crippen molar-refractivity contribution in [1.82, 2.24) is 4.90 Å². The molecule has 0 saturated carbocycles. The molecule has 2 aromatic carbocycles. The van der Waals surface area contributed by atoms with Crippen LogP contribution in [0.15, 0.2) is 47.4 Å². The highest BCUT2D eigenvalue weighted by atomic mass is 35.5. The largest absolute Gasteiger partial charge is 0.462 e. The lowest BCUT2D eigenvalue weighted by Gasteiger charge is -2.46. The van der Waals surface area contributed by atoms with Crippen molar-refractivity contribution in [2.45, 2.75) is 57.2 Å². The predicted octanol–water partition coefficient (Wildman–Crippen LogP) is 5.18. The fourth-order valence-corrected chi connectivity index (χ4v) is 5.52. The average molecular weight is 525 g/mol. The second-order valence-corrected chi connectivity index (χ2v) is 10.8. The number of ether oxygens (including phenoxy) is 1. The van der Waals surface area contributed by atoms with Crippen LogP contribution in [0, 0.1) is 0 Å². The third kappa shape index (κ3) is 6.12. The Morgan fingerprint density at radius 3 is 2.50 bits per heavy atom. The molecule has 0 N–H and O–H groups in total.